The van der Waals surface area contributed by atoms with Gasteiger partial charge < -0.3 is 15.2 Å². The lowest BCUT2D eigenvalue weighted by atomic mass is 9.91. The highest BCUT2D eigenvalue weighted by Gasteiger charge is 2.27. The molecule has 6 heteroatoms. The van der Waals surface area contributed by atoms with Crippen LogP contribution in [0.3, 0.4) is 0 Å². The average molecular weight is 340 g/mol. The summed E-state index contributed by atoms with van der Waals surface area (Å²) in [4.78, 5) is 33.9. The number of amides is 1. The highest BCUT2D eigenvalue weighted by Crippen LogP contribution is 2.28. The minimum atomic E-state index is -0.309. The van der Waals surface area contributed by atoms with Crippen molar-refractivity contribution in [1.82, 2.24) is 14.9 Å². The molecule has 3 heterocycles. The van der Waals surface area contributed by atoms with Crippen molar-refractivity contribution in [1.29, 1.82) is 0 Å². The molecule has 0 aliphatic carbocycles. The molecule has 0 radical (unpaired) electrons. The lowest BCUT2D eigenvalue weighted by molar-refractivity contribution is 0.0705. The number of carbonyl (C=O) groups is 1. The van der Waals surface area contributed by atoms with E-state index in [-0.39, 0.29) is 22.9 Å². The highest BCUT2D eigenvalue weighted by molar-refractivity contribution is 5.94. The summed E-state index contributed by atoms with van der Waals surface area (Å²) in [6.45, 7) is 5.05. The lowest BCUT2D eigenvalue weighted by Gasteiger charge is -2.33. The van der Waals surface area contributed by atoms with E-state index in [9.17, 15) is 9.59 Å². The van der Waals surface area contributed by atoms with Gasteiger partial charge in [0.15, 0.2) is 0 Å². The number of pyridine rings is 2. The Labute approximate surface area is 147 Å². The molecule has 0 saturated carbocycles. The van der Waals surface area contributed by atoms with E-state index < -0.39 is 0 Å². The van der Waals surface area contributed by atoms with Crippen molar-refractivity contribution in [3.63, 3.8) is 0 Å². The number of H-pyrrole nitrogens is 1. The van der Waals surface area contributed by atoms with Crippen LogP contribution in [0.2, 0.25) is 0 Å². The molecule has 1 atom stereocenters. The quantitative estimate of drug-likeness (QED) is 0.900. The second kappa shape index (κ2) is 7.09. The number of carbonyl (C=O) groups excluding carboxylic acids is 1. The molecule has 25 heavy (non-hydrogen) atoms. The smallest absolute Gasteiger partial charge is 0.261 e. The second-order valence-corrected chi connectivity index (χ2v) is 6.63. The largest absolute Gasteiger partial charge is 0.373 e. The number of anilines is 1. The van der Waals surface area contributed by atoms with E-state index in [0.717, 1.165) is 29.9 Å². The Morgan fingerprint density at radius 3 is 2.92 bits per heavy atom. The molecule has 0 bridgehead atoms. The van der Waals surface area contributed by atoms with Crippen LogP contribution in [-0.4, -0.2) is 40.9 Å². The summed E-state index contributed by atoms with van der Waals surface area (Å²) in [6.07, 6.45) is 3.74. The zero-order chi connectivity index (χ0) is 18.0. The first-order valence-electron chi connectivity index (χ1n) is 8.63. The minimum Gasteiger partial charge on any atom is -0.373 e. The van der Waals surface area contributed by atoms with Gasteiger partial charge in [0.25, 0.3) is 11.5 Å². The van der Waals surface area contributed by atoms with Crippen LogP contribution in [0.1, 0.15) is 45.9 Å². The Kier molecular flexibility index (Phi) is 4.88. The summed E-state index contributed by atoms with van der Waals surface area (Å²) < 4.78 is 0. The number of likely N-dealkylation sites (tertiary alicyclic amines) is 1. The van der Waals surface area contributed by atoms with E-state index >= 15 is 0 Å². The summed E-state index contributed by atoms with van der Waals surface area (Å²) in [5, 5.41) is 3.05. The van der Waals surface area contributed by atoms with Crippen LogP contribution in [0.15, 0.2) is 29.2 Å². The van der Waals surface area contributed by atoms with Crippen LogP contribution in [0.4, 0.5) is 5.82 Å². The number of aryl methyl sites for hydroxylation is 2. The second-order valence-electron chi connectivity index (χ2n) is 6.63. The van der Waals surface area contributed by atoms with Gasteiger partial charge in [-0.15, -0.1) is 0 Å². The SMILES string of the molecule is CNc1cc(C2CCCN(C(=O)c3cc(C)c(C)[nH]c3=O)C2)ccn1. The molecule has 1 unspecified atom stereocenters. The van der Waals surface area contributed by atoms with E-state index in [2.05, 4.69) is 15.3 Å². The van der Waals surface area contributed by atoms with Crippen molar-refractivity contribution in [2.75, 3.05) is 25.5 Å². The predicted octanol–water partition coefficient (Wildman–Crippen LogP) is 2.45. The Bertz CT molecular complexity index is 844. The summed E-state index contributed by atoms with van der Waals surface area (Å²) >= 11 is 0. The van der Waals surface area contributed by atoms with Crippen LogP contribution in [0.5, 0.6) is 0 Å². The first kappa shape index (κ1) is 17.2. The van der Waals surface area contributed by atoms with Gasteiger partial charge in [-0.2, -0.15) is 0 Å². The summed E-state index contributed by atoms with van der Waals surface area (Å²) in [7, 11) is 1.84. The van der Waals surface area contributed by atoms with E-state index in [4.69, 9.17) is 0 Å². The van der Waals surface area contributed by atoms with E-state index in [0.29, 0.717) is 13.1 Å². The van der Waals surface area contributed by atoms with Gasteiger partial charge >= 0.3 is 0 Å². The van der Waals surface area contributed by atoms with Gasteiger partial charge in [-0.05, 0) is 56.0 Å². The molecule has 0 spiro atoms. The van der Waals surface area contributed by atoms with Gasteiger partial charge in [-0.25, -0.2) is 4.98 Å². The molecule has 0 aromatic carbocycles. The molecule has 6 nitrogen and oxygen atoms in total. The Morgan fingerprint density at radius 2 is 2.16 bits per heavy atom. The molecule has 1 saturated heterocycles. The number of aromatic nitrogens is 2. The van der Waals surface area contributed by atoms with Crippen molar-refractivity contribution < 1.29 is 4.79 Å². The normalized spacial score (nSPS) is 17.4. The Hall–Kier alpha value is -2.63. The maximum atomic E-state index is 12.9. The number of hydrogen-bond acceptors (Lipinski definition) is 4. The third-order valence-corrected chi connectivity index (χ3v) is 4.95. The molecule has 1 amide bonds. The standard InChI is InChI=1S/C19H24N4O2/c1-12-9-16(18(24)22-13(12)2)19(25)23-8-4-5-15(11-23)14-6-7-21-17(10-14)20-3/h6-7,9-10,15H,4-5,8,11H2,1-3H3,(H,20,21)(H,22,24). The van der Waals surface area contributed by atoms with Crippen molar-refractivity contribution in [2.45, 2.75) is 32.6 Å². The molecule has 1 aliphatic rings. The van der Waals surface area contributed by atoms with Crippen molar-refractivity contribution in [3.05, 3.63) is 57.1 Å². The number of nitrogens with one attached hydrogen (secondary N) is 2. The monoisotopic (exact) mass is 340 g/mol. The Morgan fingerprint density at radius 1 is 1.36 bits per heavy atom. The number of nitrogens with zero attached hydrogens (tertiary/aromatic N) is 2. The van der Waals surface area contributed by atoms with Crippen molar-refractivity contribution in [2.24, 2.45) is 0 Å². The average Bonchev–Trinajstić information content (AvgIpc) is 2.64. The summed E-state index contributed by atoms with van der Waals surface area (Å²) in [5.74, 6) is 0.905. The zero-order valence-electron chi connectivity index (χ0n) is 14.9. The fourth-order valence-electron chi connectivity index (χ4n) is 3.33. The van der Waals surface area contributed by atoms with Crippen LogP contribution >= 0.6 is 0 Å². The lowest BCUT2D eigenvalue weighted by Crippen LogP contribution is -2.41. The van der Waals surface area contributed by atoms with E-state index in [1.807, 2.05) is 33.0 Å². The van der Waals surface area contributed by atoms with Gasteiger partial charge in [-0.3, -0.25) is 9.59 Å². The highest BCUT2D eigenvalue weighted by atomic mass is 16.2. The maximum Gasteiger partial charge on any atom is 0.261 e. The van der Waals surface area contributed by atoms with Crippen molar-refractivity contribution >= 4 is 11.7 Å². The molecule has 1 aliphatic heterocycles. The van der Waals surface area contributed by atoms with E-state index in [1.54, 1.807) is 17.2 Å². The predicted molar refractivity (Wildman–Crippen MR) is 98.2 cm³/mol. The van der Waals surface area contributed by atoms with Crippen LogP contribution in [0.25, 0.3) is 0 Å². The van der Waals surface area contributed by atoms with Gasteiger partial charge in [-0.1, -0.05) is 0 Å². The van der Waals surface area contributed by atoms with Crippen LogP contribution < -0.4 is 10.9 Å². The maximum absolute atomic E-state index is 12.9. The third kappa shape index (κ3) is 3.57. The Balaban J connectivity index is 1.82. The van der Waals surface area contributed by atoms with Crippen LogP contribution in [-0.2, 0) is 0 Å². The summed E-state index contributed by atoms with van der Waals surface area (Å²) in [5.41, 5.74) is 2.82. The fraction of sp³-hybridized carbons (Fsp3) is 0.421. The fourth-order valence-corrected chi connectivity index (χ4v) is 3.33. The minimum absolute atomic E-state index is 0.183. The number of hydrogen-bond donors (Lipinski definition) is 2. The van der Waals surface area contributed by atoms with Gasteiger partial charge in [0, 0.05) is 37.9 Å². The molecule has 3 rings (SSSR count). The third-order valence-electron chi connectivity index (χ3n) is 4.95. The number of piperidine rings is 1. The molecule has 132 valence electrons. The molecule has 2 aromatic heterocycles. The number of aromatic amines is 1. The van der Waals surface area contributed by atoms with Crippen LogP contribution in [0, 0.1) is 13.8 Å². The summed E-state index contributed by atoms with van der Waals surface area (Å²) in [6, 6.07) is 5.73. The van der Waals surface area contributed by atoms with E-state index in [1.165, 1.54) is 5.56 Å². The number of rotatable bonds is 3. The van der Waals surface area contributed by atoms with Crippen molar-refractivity contribution in [3.8, 4) is 0 Å². The first-order valence-corrected chi connectivity index (χ1v) is 8.63. The van der Waals surface area contributed by atoms with Gasteiger partial charge in [0.05, 0.1) is 0 Å². The topological polar surface area (TPSA) is 78.1 Å². The molecular formula is C19H24N4O2. The molecule has 1 fully saturated rings. The van der Waals surface area contributed by atoms with Gasteiger partial charge in [0.2, 0.25) is 0 Å². The zero-order valence-corrected chi connectivity index (χ0v) is 14.9. The molecule has 2 N–H and O–H groups in total. The molecule has 2 aromatic rings. The van der Waals surface area contributed by atoms with Gasteiger partial charge in [0.1, 0.15) is 11.4 Å². The molecular weight excluding hydrogens is 316 g/mol. The first-order chi connectivity index (χ1) is 12.0.